The largest absolute Gasteiger partial charge is 0.492 e. The fraction of sp³-hybridized carbons (Fsp3) is 0.333. The third-order valence-corrected chi connectivity index (χ3v) is 4.98. The van der Waals surface area contributed by atoms with Crippen LogP contribution in [0.15, 0.2) is 36.8 Å². The molecular formula is C21H22N5O. The predicted octanol–water partition coefficient (Wildman–Crippen LogP) is 3.72. The number of ether oxygens (including phenoxy) is 1. The first-order valence-electron chi connectivity index (χ1n) is 9.28. The van der Waals surface area contributed by atoms with Crippen LogP contribution < -0.4 is 9.64 Å². The Kier molecular flexibility index (Phi) is 4.68. The number of piperidine rings is 1. The Labute approximate surface area is 159 Å². The Morgan fingerprint density at radius 3 is 2.89 bits per heavy atom. The maximum absolute atomic E-state index is 9.44. The van der Waals surface area contributed by atoms with Crippen molar-refractivity contribution in [3.05, 3.63) is 48.8 Å². The van der Waals surface area contributed by atoms with E-state index >= 15 is 0 Å². The molecule has 0 saturated carbocycles. The molecule has 0 aliphatic carbocycles. The van der Waals surface area contributed by atoms with E-state index in [9.17, 15) is 5.26 Å². The lowest BCUT2D eigenvalue weighted by atomic mass is 9.99. The van der Waals surface area contributed by atoms with Crippen LogP contribution in [0.2, 0.25) is 0 Å². The summed E-state index contributed by atoms with van der Waals surface area (Å²) in [5.41, 5.74) is 3.15. The second-order valence-corrected chi connectivity index (χ2v) is 6.84. The molecule has 4 heterocycles. The molecule has 6 nitrogen and oxygen atoms in total. The average Bonchev–Trinajstić information content (AvgIpc) is 3.11. The molecule has 1 aliphatic heterocycles. The van der Waals surface area contributed by atoms with Crippen molar-refractivity contribution in [3.63, 3.8) is 0 Å². The molecule has 0 N–H and O–H groups in total. The van der Waals surface area contributed by atoms with Gasteiger partial charge in [0, 0.05) is 30.4 Å². The van der Waals surface area contributed by atoms with E-state index in [1.807, 2.05) is 25.3 Å². The van der Waals surface area contributed by atoms with E-state index in [-0.39, 0.29) is 0 Å². The Balaban J connectivity index is 1.73. The van der Waals surface area contributed by atoms with Crippen LogP contribution in [0.5, 0.6) is 5.75 Å². The van der Waals surface area contributed by atoms with Gasteiger partial charge in [0.25, 0.3) is 0 Å². The maximum Gasteiger partial charge on any atom is 0.138 e. The molecule has 0 amide bonds. The highest BCUT2D eigenvalue weighted by Crippen LogP contribution is 2.31. The lowest BCUT2D eigenvalue weighted by Gasteiger charge is -2.31. The first-order chi connectivity index (χ1) is 13.2. The number of rotatable bonds is 4. The van der Waals surface area contributed by atoms with E-state index in [0.717, 1.165) is 47.7 Å². The lowest BCUT2D eigenvalue weighted by molar-refractivity contribution is 0.338. The quantitative estimate of drug-likeness (QED) is 0.709. The van der Waals surface area contributed by atoms with Gasteiger partial charge in [0.15, 0.2) is 0 Å². The number of pyridine rings is 2. The standard InChI is InChI=1S/C21H22N5O/c1-3-27-18-10-19(21-17(11-22)13-24-26(21)14-18)16-4-5-20(23-12-16)25-8-6-15(2)7-9-25/h4-6,10,12-15H,3,7-9H2,1-2H3/t15-/m0/s1. The Morgan fingerprint density at radius 1 is 1.33 bits per heavy atom. The van der Waals surface area contributed by atoms with E-state index in [0.29, 0.717) is 18.1 Å². The number of hydrogen-bond acceptors (Lipinski definition) is 5. The van der Waals surface area contributed by atoms with Gasteiger partial charge >= 0.3 is 0 Å². The van der Waals surface area contributed by atoms with Gasteiger partial charge < -0.3 is 9.64 Å². The van der Waals surface area contributed by atoms with Crippen LogP contribution in [0.3, 0.4) is 0 Å². The van der Waals surface area contributed by atoms with Crippen LogP contribution in [0, 0.1) is 23.7 Å². The van der Waals surface area contributed by atoms with Crippen LogP contribution in [0.1, 0.15) is 25.8 Å². The second-order valence-electron chi connectivity index (χ2n) is 6.84. The zero-order valence-corrected chi connectivity index (χ0v) is 15.6. The van der Waals surface area contributed by atoms with Gasteiger partial charge in [-0.05, 0) is 43.9 Å². The zero-order chi connectivity index (χ0) is 18.8. The second kappa shape index (κ2) is 7.28. The third kappa shape index (κ3) is 3.33. The van der Waals surface area contributed by atoms with Crippen molar-refractivity contribution in [1.29, 1.82) is 5.26 Å². The Bertz CT molecular complexity index is 978. The first-order valence-corrected chi connectivity index (χ1v) is 9.28. The first kappa shape index (κ1) is 17.3. The van der Waals surface area contributed by atoms with Crippen LogP contribution in [-0.2, 0) is 0 Å². The summed E-state index contributed by atoms with van der Waals surface area (Å²) < 4.78 is 7.37. The van der Waals surface area contributed by atoms with Gasteiger partial charge in [0.1, 0.15) is 17.6 Å². The Hall–Kier alpha value is -3.07. The molecule has 1 saturated heterocycles. The molecule has 6 heteroatoms. The van der Waals surface area contributed by atoms with Gasteiger partial charge in [-0.3, -0.25) is 0 Å². The van der Waals surface area contributed by atoms with Gasteiger partial charge in [-0.15, -0.1) is 0 Å². The van der Waals surface area contributed by atoms with E-state index in [1.54, 1.807) is 16.9 Å². The average molecular weight is 360 g/mol. The molecule has 1 fully saturated rings. The van der Waals surface area contributed by atoms with Crippen molar-refractivity contribution in [3.8, 4) is 22.9 Å². The number of aromatic nitrogens is 3. The summed E-state index contributed by atoms with van der Waals surface area (Å²) in [6, 6.07) is 8.28. The summed E-state index contributed by atoms with van der Waals surface area (Å²) in [7, 11) is 0. The lowest BCUT2D eigenvalue weighted by Crippen LogP contribution is -2.33. The molecule has 1 aliphatic rings. The number of anilines is 1. The minimum atomic E-state index is 0.539. The summed E-state index contributed by atoms with van der Waals surface area (Å²) >= 11 is 0. The monoisotopic (exact) mass is 360 g/mol. The van der Waals surface area contributed by atoms with Gasteiger partial charge in [-0.25, -0.2) is 9.50 Å². The number of fused-ring (bicyclic) bond motifs is 1. The van der Waals surface area contributed by atoms with Crippen LogP contribution in [0.25, 0.3) is 16.6 Å². The van der Waals surface area contributed by atoms with Crippen LogP contribution in [-0.4, -0.2) is 34.3 Å². The fourth-order valence-electron chi connectivity index (χ4n) is 3.46. The van der Waals surface area contributed by atoms with Crippen molar-refractivity contribution in [2.24, 2.45) is 5.92 Å². The molecule has 0 unspecified atom stereocenters. The molecule has 137 valence electrons. The van der Waals surface area contributed by atoms with Crippen molar-refractivity contribution in [1.82, 2.24) is 14.6 Å². The predicted molar refractivity (Wildman–Crippen MR) is 105 cm³/mol. The van der Waals surface area contributed by atoms with Gasteiger partial charge in [-0.1, -0.05) is 6.92 Å². The summed E-state index contributed by atoms with van der Waals surface area (Å²) in [4.78, 5) is 6.97. The molecule has 0 spiro atoms. The SMILES string of the molecule is CCOc1cc(-c2ccc(N3C[CH][C@H](C)CC3)nc2)c2c(C#N)cnn2c1. The molecule has 3 aromatic heterocycles. The van der Waals surface area contributed by atoms with Gasteiger partial charge in [0.2, 0.25) is 0 Å². The molecule has 0 bridgehead atoms. The Morgan fingerprint density at radius 2 is 2.22 bits per heavy atom. The third-order valence-electron chi connectivity index (χ3n) is 4.98. The van der Waals surface area contributed by atoms with Gasteiger partial charge in [-0.2, -0.15) is 10.4 Å². The molecule has 1 atom stereocenters. The highest BCUT2D eigenvalue weighted by molar-refractivity contribution is 5.85. The van der Waals surface area contributed by atoms with E-state index in [4.69, 9.17) is 4.74 Å². The normalized spacial score (nSPS) is 15.1. The summed E-state index contributed by atoms with van der Waals surface area (Å²) in [6.07, 6.45) is 8.74. The number of nitrogens with zero attached hydrogens (tertiary/aromatic N) is 5. The van der Waals surface area contributed by atoms with Gasteiger partial charge in [0.05, 0.1) is 30.1 Å². The molecule has 4 rings (SSSR count). The van der Waals surface area contributed by atoms with Crippen molar-refractivity contribution in [2.45, 2.75) is 20.3 Å². The maximum atomic E-state index is 9.44. The number of nitriles is 1. The van der Waals surface area contributed by atoms with E-state index in [2.05, 4.69) is 40.5 Å². The fourth-order valence-corrected chi connectivity index (χ4v) is 3.46. The van der Waals surface area contributed by atoms with Crippen molar-refractivity contribution in [2.75, 3.05) is 24.6 Å². The van der Waals surface area contributed by atoms with Crippen LogP contribution in [0.4, 0.5) is 5.82 Å². The molecule has 3 aromatic rings. The van der Waals surface area contributed by atoms with E-state index < -0.39 is 0 Å². The highest BCUT2D eigenvalue weighted by atomic mass is 16.5. The topological polar surface area (TPSA) is 66.5 Å². The summed E-state index contributed by atoms with van der Waals surface area (Å²) in [6.45, 7) is 6.72. The minimum absolute atomic E-state index is 0.539. The molecule has 0 aromatic carbocycles. The number of hydrogen-bond donors (Lipinski definition) is 0. The van der Waals surface area contributed by atoms with Crippen molar-refractivity contribution >= 4 is 11.3 Å². The summed E-state index contributed by atoms with van der Waals surface area (Å²) in [5.74, 6) is 2.37. The highest BCUT2D eigenvalue weighted by Gasteiger charge is 2.18. The molecular weight excluding hydrogens is 338 g/mol. The smallest absolute Gasteiger partial charge is 0.138 e. The minimum Gasteiger partial charge on any atom is -0.492 e. The summed E-state index contributed by atoms with van der Waals surface area (Å²) in [5, 5.41) is 13.7. The molecule has 1 radical (unpaired) electrons. The van der Waals surface area contributed by atoms with E-state index in [1.165, 1.54) is 0 Å². The zero-order valence-electron chi connectivity index (χ0n) is 15.6. The van der Waals surface area contributed by atoms with Crippen molar-refractivity contribution < 1.29 is 4.74 Å². The van der Waals surface area contributed by atoms with Crippen LogP contribution >= 0.6 is 0 Å². The molecule has 27 heavy (non-hydrogen) atoms.